The molecule has 1 aromatic carbocycles. The minimum atomic E-state index is -1.51. The summed E-state index contributed by atoms with van der Waals surface area (Å²) in [4.78, 5) is 21.0. The van der Waals surface area contributed by atoms with Gasteiger partial charge >= 0.3 is 5.97 Å². The first-order valence-electron chi connectivity index (χ1n) is 6.00. The third kappa shape index (κ3) is 4.78. The van der Waals surface area contributed by atoms with Crippen molar-refractivity contribution in [2.24, 2.45) is 0 Å². The second-order valence-corrected chi connectivity index (χ2v) is 6.08. The van der Waals surface area contributed by atoms with Crippen LogP contribution in [0.4, 0.5) is 15.8 Å². The summed E-state index contributed by atoms with van der Waals surface area (Å²) in [5, 5.41) is 22.5. The predicted octanol–water partition coefficient (Wildman–Crippen LogP) is 2.00. The maximum Gasteiger partial charge on any atom is 0.338 e. The van der Waals surface area contributed by atoms with Crippen LogP contribution in [0.2, 0.25) is 0 Å². The fourth-order valence-corrected chi connectivity index (χ4v) is 2.36. The molecule has 0 bridgehead atoms. The van der Waals surface area contributed by atoms with Crippen LogP contribution < -0.4 is 5.32 Å². The van der Waals surface area contributed by atoms with Crippen molar-refractivity contribution in [2.45, 2.75) is 19.4 Å². The zero-order valence-corrected chi connectivity index (χ0v) is 12.3. The maximum atomic E-state index is 13.5. The Balaban J connectivity index is 3.08. The van der Waals surface area contributed by atoms with Gasteiger partial charge in [0, 0.05) is 28.9 Å². The van der Waals surface area contributed by atoms with Crippen LogP contribution >= 0.6 is 0 Å². The summed E-state index contributed by atoms with van der Waals surface area (Å²) in [5.74, 6) is -2.27. The van der Waals surface area contributed by atoms with Gasteiger partial charge in [-0.3, -0.25) is 14.3 Å². The van der Waals surface area contributed by atoms with Crippen LogP contribution in [0.1, 0.15) is 23.7 Å². The fraction of sp³-hybridized carbons (Fsp3) is 0.417. The summed E-state index contributed by atoms with van der Waals surface area (Å²) < 4.78 is 24.5. The Hall–Kier alpha value is -2.03. The number of carboxylic acids is 1. The van der Waals surface area contributed by atoms with Gasteiger partial charge in [0.15, 0.2) is 0 Å². The van der Waals surface area contributed by atoms with E-state index in [-0.39, 0.29) is 11.7 Å². The molecule has 0 saturated heterocycles. The Labute approximate surface area is 122 Å². The molecular weight excluding hydrogens is 303 g/mol. The number of nitrogens with zero attached hydrogens (tertiary/aromatic N) is 1. The van der Waals surface area contributed by atoms with E-state index >= 15 is 0 Å². The highest BCUT2D eigenvalue weighted by atomic mass is 32.2. The van der Waals surface area contributed by atoms with Gasteiger partial charge in [-0.15, -0.1) is 0 Å². The molecule has 2 unspecified atom stereocenters. The smallest absolute Gasteiger partial charge is 0.338 e. The first kappa shape index (κ1) is 17.0. The molecule has 0 aromatic heterocycles. The molecule has 7 nitrogen and oxygen atoms in total. The van der Waals surface area contributed by atoms with Crippen LogP contribution in [-0.4, -0.2) is 38.3 Å². The van der Waals surface area contributed by atoms with Crippen LogP contribution in [0, 0.1) is 15.9 Å². The molecule has 1 rings (SSSR count). The van der Waals surface area contributed by atoms with E-state index in [4.69, 9.17) is 5.11 Å². The Kier molecular flexibility index (Phi) is 5.77. The zero-order valence-electron chi connectivity index (χ0n) is 11.5. The molecule has 2 N–H and O–H groups in total. The highest BCUT2D eigenvalue weighted by molar-refractivity contribution is 7.84. The maximum absolute atomic E-state index is 13.5. The van der Waals surface area contributed by atoms with Crippen LogP contribution in [0.25, 0.3) is 0 Å². The standard InChI is InChI=1S/C12H15FN2O5S/c1-7(3-4-21(2)20)14-10-5-8(12(16)17)9(13)6-11(10)15(18)19/h5-7,14H,3-4H2,1-2H3,(H,16,17). The van der Waals surface area contributed by atoms with E-state index in [1.165, 1.54) is 6.26 Å². The predicted molar refractivity (Wildman–Crippen MR) is 76.6 cm³/mol. The van der Waals surface area contributed by atoms with Crippen molar-refractivity contribution < 1.29 is 23.4 Å². The number of rotatable bonds is 7. The highest BCUT2D eigenvalue weighted by Gasteiger charge is 2.22. The third-order valence-electron chi connectivity index (χ3n) is 2.75. The highest BCUT2D eigenvalue weighted by Crippen LogP contribution is 2.28. The number of nitrogens with one attached hydrogen (secondary N) is 1. The van der Waals surface area contributed by atoms with Crippen molar-refractivity contribution >= 4 is 28.1 Å². The van der Waals surface area contributed by atoms with Gasteiger partial charge in [0.2, 0.25) is 0 Å². The second kappa shape index (κ2) is 7.11. The number of benzene rings is 1. The number of hydrogen-bond acceptors (Lipinski definition) is 5. The molecule has 0 heterocycles. The minimum absolute atomic E-state index is 0.0758. The van der Waals surface area contributed by atoms with Crippen molar-refractivity contribution in [1.29, 1.82) is 0 Å². The van der Waals surface area contributed by atoms with E-state index in [9.17, 15) is 23.5 Å². The summed E-state index contributed by atoms with van der Waals surface area (Å²) in [7, 11) is -1.00. The number of carbonyl (C=O) groups is 1. The number of anilines is 1. The van der Waals surface area contributed by atoms with Crippen molar-refractivity contribution in [3.05, 3.63) is 33.6 Å². The van der Waals surface area contributed by atoms with E-state index < -0.39 is 38.8 Å². The van der Waals surface area contributed by atoms with Gasteiger partial charge in [0.1, 0.15) is 11.5 Å². The van der Waals surface area contributed by atoms with Crippen LogP contribution in [0.5, 0.6) is 0 Å². The number of carboxylic acid groups (broad SMARTS) is 1. The molecule has 0 aliphatic rings. The van der Waals surface area contributed by atoms with Gasteiger partial charge in [-0.25, -0.2) is 9.18 Å². The first-order valence-corrected chi connectivity index (χ1v) is 7.73. The SMILES string of the molecule is CC(CCS(C)=O)Nc1cc(C(=O)O)c(F)cc1[N+](=O)[O-]. The van der Waals surface area contributed by atoms with Gasteiger partial charge in [-0.2, -0.15) is 0 Å². The van der Waals surface area contributed by atoms with Gasteiger partial charge in [-0.05, 0) is 19.4 Å². The summed E-state index contributed by atoms with van der Waals surface area (Å²) in [6, 6.07) is 1.20. The molecule has 0 radical (unpaired) electrons. The average molecular weight is 318 g/mol. The van der Waals surface area contributed by atoms with E-state index in [1.54, 1.807) is 6.92 Å². The third-order valence-corrected chi connectivity index (χ3v) is 3.56. The van der Waals surface area contributed by atoms with Gasteiger partial charge in [0.25, 0.3) is 5.69 Å². The molecular formula is C12H15FN2O5S. The monoisotopic (exact) mass is 318 g/mol. The lowest BCUT2D eigenvalue weighted by Gasteiger charge is -2.15. The lowest BCUT2D eigenvalue weighted by molar-refractivity contribution is -0.384. The number of nitro benzene ring substituents is 1. The lowest BCUT2D eigenvalue weighted by atomic mass is 10.1. The van der Waals surface area contributed by atoms with E-state index in [0.29, 0.717) is 18.2 Å². The largest absolute Gasteiger partial charge is 0.478 e. The average Bonchev–Trinajstić information content (AvgIpc) is 2.37. The van der Waals surface area contributed by atoms with Gasteiger partial charge in [0.05, 0.1) is 16.6 Å². The van der Waals surface area contributed by atoms with E-state index in [2.05, 4.69) is 5.32 Å². The van der Waals surface area contributed by atoms with Crippen molar-refractivity contribution in [3.63, 3.8) is 0 Å². The Morgan fingerprint density at radius 3 is 2.67 bits per heavy atom. The second-order valence-electron chi connectivity index (χ2n) is 4.52. The Morgan fingerprint density at radius 2 is 2.19 bits per heavy atom. The van der Waals surface area contributed by atoms with Crippen LogP contribution in [-0.2, 0) is 10.8 Å². The topological polar surface area (TPSA) is 110 Å². The number of halogens is 1. The summed E-state index contributed by atoms with van der Waals surface area (Å²) in [6.45, 7) is 1.71. The van der Waals surface area contributed by atoms with Gasteiger partial charge in [-0.1, -0.05) is 0 Å². The molecule has 21 heavy (non-hydrogen) atoms. The minimum Gasteiger partial charge on any atom is -0.478 e. The molecule has 0 aliphatic heterocycles. The van der Waals surface area contributed by atoms with E-state index in [0.717, 1.165) is 6.07 Å². The van der Waals surface area contributed by atoms with Crippen LogP contribution in [0.15, 0.2) is 12.1 Å². The molecule has 0 aliphatic carbocycles. The van der Waals surface area contributed by atoms with Gasteiger partial charge < -0.3 is 10.4 Å². The van der Waals surface area contributed by atoms with Crippen molar-refractivity contribution in [1.82, 2.24) is 0 Å². The summed E-state index contributed by atoms with van der Waals surface area (Å²) in [6.07, 6.45) is 2.01. The number of hydrogen-bond donors (Lipinski definition) is 2. The molecule has 9 heteroatoms. The van der Waals surface area contributed by atoms with Crippen molar-refractivity contribution in [3.8, 4) is 0 Å². The molecule has 0 amide bonds. The Morgan fingerprint density at radius 1 is 1.57 bits per heavy atom. The Bertz CT molecular complexity index is 593. The quantitative estimate of drug-likeness (QED) is 0.588. The summed E-state index contributed by atoms with van der Waals surface area (Å²) in [5.41, 5.74) is -1.26. The molecule has 0 spiro atoms. The molecule has 116 valence electrons. The van der Waals surface area contributed by atoms with Crippen LogP contribution in [0.3, 0.4) is 0 Å². The van der Waals surface area contributed by atoms with E-state index in [1.807, 2.05) is 0 Å². The zero-order chi connectivity index (χ0) is 16.2. The first-order chi connectivity index (χ1) is 9.72. The van der Waals surface area contributed by atoms with Crippen molar-refractivity contribution in [2.75, 3.05) is 17.3 Å². The fourth-order valence-electron chi connectivity index (χ4n) is 1.67. The normalized spacial score (nSPS) is 13.5. The summed E-state index contributed by atoms with van der Waals surface area (Å²) >= 11 is 0. The number of nitro groups is 1. The molecule has 2 atom stereocenters. The lowest BCUT2D eigenvalue weighted by Crippen LogP contribution is -2.19. The molecule has 0 fully saturated rings. The molecule has 0 saturated carbocycles. The number of aromatic carboxylic acids is 1. The molecule has 1 aromatic rings.